The normalized spacial score (nSPS) is 32.3. The van der Waals surface area contributed by atoms with Gasteiger partial charge >= 0.3 is 0 Å². The third kappa shape index (κ3) is 3.92. The fourth-order valence-electron chi connectivity index (χ4n) is 1.66. The quantitative estimate of drug-likeness (QED) is 0.719. The fourth-order valence-corrected chi connectivity index (χ4v) is 1.66. The van der Waals surface area contributed by atoms with Gasteiger partial charge in [-0.3, -0.25) is 0 Å². The van der Waals surface area contributed by atoms with Crippen LogP contribution in [0.5, 0.6) is 0 Å². The van der Waals surface area contributed by atoms with Crippen LogP contribution in [0.4, 0.5) is 0 Å². The molecular formula is C14H28O4. The minimum absolute atomic E-state index is 0.0492. The Morgan fingerprint density at radius 2 is 1.61 bits per heavy atom. The van der Waals surface area contributed by atoms with Crippen molar-refractivity contribution in [2.75, 3.05) is 6.61 Å². The maximum absolute atomic E-state index is 5.67. The summed E-state index contributed by atoms with van der Waals surface area (Å²) in [6.45, 7) is 12.9. The summed E-state index contributed by atoms with van der Waals surface area (Å²) >= 11 is 0. The van der Waals surface area contributed by atoms with Crippen LogP contribution < -0.4 is 0 Å². The smallest absolute Gasteiger partial charge is 0.231 e. The largest absolute Gasteiger partial charge is 0.234 e. The molecule has 0 aromatic rings. The highest BCUT2D eigenvalue weighted by atomic mass is 17.3. The lowest BCUT2D eigenvalue weighted by Gasteiger charge is -2.40. The molecule has 1 heterocycles. The van der Waals surface area contributed by atoms with Crippen molar-refractivity contribution in [1.29, 1.82) is 0 Å². The zero-order chi connectivity index (χ0) is 13.9. The van der Waals surface area contributed by atoms with Crippen LogP contribution >= 0.6 is 0 Å². The maximum atomic E-state index is 5.67. The van der Waals surface area contributed by atoms with Crippen LogP contribution in [0.3, 0.4) is 0 Å². The van der Waals surface area contributed by atoms with Crippen LogP contribution in [0.1, 0.15) is 67.2 Å². The van der Waals surface area contributed by atoms with E-state index in [1.165, 1.54) is 0 Å². The van der Waals surface area contributed by atoms with Crippen LogP contribution in [0.15, 0.2) is 0 Å². The van der Waals surface area contributed by atoms with E-state index in [1.54, 1.807) is 0 Å². The Hall–Kier alpha value is -0.160. The Kier molecular flexibility index (Phi) is 5.18. The van der Waals surface area contributed by atoms with Crippen molar-refractivity contribution in [2.45, 2.75) is 78.6 Å². The number of hydrogen-bond acceptors (Lipinski definition) is 4. The van der Waals surface area contributed by atoms with E-state index < -0.39 is 11.4 Å². The third-order valence-corrected chi connectivity index (χ3v) is 4.09. The molecule has 1 fully saturated rings. The zero-order valence-electron chi connectivity index (χ0n) is 12.7. The van der Waals surface area contributed by atoms with Crippen LogP contribution in [-0.2, 0) is 19.6 Å². The minimum atomic E-state index is -0.826. The molecule has 1 rings (SSSR count). The van der Waals surface area contributed by atoms with Crippen molar-refractivity contribution < 1.29 is 19.6 Å². The van der Waals surface area contributed by atoms with Gasteiger partial charge in [0.15, 0.2) is 0 Å². The lowest BCUT2D eigenvalue weighted by Crippen LogP contribution is -2.44. The Balaban J connectivity index is 2.74. The van der Waals surface area contributed by atoms with Gasteiger partial charge in [0.2, 0.25) is 5.79 Å². The highest BCUT2D eigenvalue weighted by molar-refractivity contribution is 4.87. The lowest BCUT2D eigenvalue weighted by atomic mass is 9.75. The van der Waals surface area contributed by atoms with Gasteiger partial charge in [0, 0.05) is 6.42 Å². The van der Waals surface area contributed by atoms with Crippen LogP contribution in [0.2, 0.25) is 0 Å². The summed E-state index contributed by atoms with van der Waals surface area (Å²) in [6, 6.07) is 0. The predicted octanol–water partition coefficient (Wildman–Crippen LogP) is 4.00. The van der Waals surface area contributed by atoms with E-state index in [4.69, 9.17) is 19.6 Å². The van der Waals surface area contributed by atoms with Gasteiger partial charge in [-0.05, 0) is 39.0 Å². The molecule has 1 saturated heterocycles. The van der Waals surface area contributed by atoms with Crippen LogP contribution in [0, 0.1) is 5.41 Å². The van der Waals surface area contributed by atoms with Gasteiger partial charge in [0.05, 0.1) is 6.61 Å². The first-order valence-electron chi connectivity index (χ1n) is 6.90. The van der Waals surface area contributed by atoms with Crippen LogP contribution in [0.25, 0.3) is 0 Å². The molecule has 0 bridgehead atoms. The maximum Gasteiger partial charge on any atom is 0.231 e. The second kappa shape index (κ2) is 5.87. The number of hydrogen-bond donors (Lipinski definition) is 0. The van der Waals surface area contributed by atoms with E-state index in [-0.39, 0.29) is 5.41 Å². The first kappa shape index (κ1) is 15.9. The minimum Gasteiger partial charge on any atom is -0.234 e. The molecule has 0 radical (unpaired) electrons. The highest BCUT2D eigenvalue weighted by Gasteiger charge is 2.43. The molecule has 18 heavy (non-hydrogen) atoms. The van der Waals surface area contributed by atoms with Crippen molar-refractivity contribution in [3.63, 3.8) is 0 Å². The van der Waals surface area contributed by atoms with Crippen molar-refractivity contribution >= 4 is 0 Å². The van der Waals surface area contributed by atoms with Gasteiger partial charge in [-0.15, -0.1) is 0 Å². The fraction of sp³-hybridized carbons (Fsp3) is 1.00. The van der Waals surface area contributed by atoms with E-state index in [2.05, 4.69) is 20.8 Å². The van der Waals surface area contributed by atoms with Crippen molar-refractivity contribution in [3.8, 4) is 0 Å². The summed E-state index contributed by atoms with van der Waals surface area (Å²) in [4.78, 5) is 21.9. The van der Waals surface area contributed by atoms with Gasteiger partial charge in [0.1, 0.15) is 5.60 Å². The van der Waals surface area contributed by atoms with E-state index >= 15 is 0 Å². The SMILES string of the molecule is CCCCC1(C)OOCCC(C)(C)C(C)(C)OO1. The summed E-state index contributed by atoms with van der Waals surface area (Å²) < 4.78 is 0. The highest BCUT2D eigenvalue weighted by Crippen LogP contribution is 2.39. The average molecular weight is 260 g/mol. The second-order valence-electron chi connectivity index (χ2n) is 6.45. The molecule has 1 aliphatic heterocycles. The van der Waals surface area contributed by atoms with Gasteiger partial charge < -0.3 is 0 Å². The van der Waals surface area contributed by atoms with Crippen LogP contribution in [-0.4, -0.2) is 18.0 Å². The molecule has 1 unspecified atom stereocenters. The second-order valence-corrected chi connectivity index (χ2v) is 6.45. The number of unbranched alkanes of at least 4 members (excludes halogenated alkanes) is 1. The Morgan fingerprint density at radius 3 is 2.22 bits per heavy atom. The first-order valence-corrected chi connectivity index (χ1v) is 6.90. The average Bonchev–Trinajstić information content (AvgIpc) is 2.32. The van der Waals surface area contributed by atoms with Crippen molar-refractivity contribution in [1.82, 2.24) is 0 Å². The monoisotopic (exact) mass is 260 g/mol. The molecule has 1 aliphatic rings. The molecule has 0 amide bonds. The molecule has 0 aromatic heterocycles. The topological polar surface area (TPSA) is 36.9 Å². The molecule has 0 aliphatic carbocycles. The zero-order valence-corrected chi connectivity index (χ0v) is 12.7. The van der Waals surface area contributed by atoms with Gasteiger partial charge in [-0.25, -0.2) is 9.78 Å². The molecule has 1 atom stereocenters. The molecule has 0 spiro atoms. The summed E-state index contributed by atoms with van der Waals surface area (Å²) in [7, 11) is 0. The van der Waals surface area contributed by atoms with E-state index in [0.717, 1.165) is 25.7 Å². The molecular weight excluding hydrogens is 232 g/mol. The third-order valence-electron chi connectivity index (χ3n) is 4.09. The summed E-state index contributed by atoms with van der Waals surface area (Å²) in [6.07, 6.45) is 3.69. The summed E-state index contributed by atoms with van der Waals surface area (Å²) in [5, 5.41) is 0. The Labute approximate surface area is 111 Å². The Bertz CT molecular complexity index is 263. The van der Waals surface area contributed by atoms with E-state index in [1.807, 2.05) is 20.8 Å². The Morgan fingerprint density at radius 1 is 0.944 bits per heavy atom. The van der Waals surface area contributed by atoms with Gasteiger partial charge in [-0.2, -0.15) is 9.78 Å². The summed E-state index contributed by atoms with van der Waals surface area (Å²) in [5.41, 5.74) is -0.441. The molecule has 0 saturated carbocycles. The summed E-state index contributed by atoms with van der Waals surface area (Å²) in [5.74, 6) is -0.826. The van der Waals surface area contributed by atoms with Gasteiger partial charge in [0.25, 0.3) is 0 Å². The molecule has 0 N–H and O–H groups in total. The molecule has 0 aromatic carbocycles. The van der Waals surface area contributed by atoms with Crippen molar-refractivity contribution in [3.05, 3.63) is 0 Å². The van der Waals surface area contributed by atoms with E-state index in [9.17, 15) is 0 Å². The van der Waals surface area contributed by atoms with Gasteiger partial charge in [-0.1, -0.05) is 27.2 Å². The molecule has 4 nitrogen and oxygen atoms in total. The molecule has 4 heteroatoms. The van der Waals surface area contributed by atoms with Crippen molar-refractivity contribution in [2.24, 2.45) is 5.41 Å². The predicted molar refractivity (Wildman–Crippen MR) is 69.6 cm³/mol. The van der Waals surface area contributed by atoms with E-state index in [0.29, 0.717) is 6.61 Å². The lowest BCUT2D eigenvalue weighted by molar-refractivity contribution is -0.523. The molecule has 108 valence electrons. The standard InChI is InChI=1S/C14H28O4/c1-7-8-9-14(6)17-15-11-10-12(2,3)13(4,5)16-18-14/h7-11H2,1-6H3. The first-order chi connectivity index (χ1) is 8.22. The number of rotatable bonds is 3.